The van der Waals surface area contributed by atoms with Crippen LogP contribution in [0.4, 0.5) is 18.3 Å². The molecule has 2 atom stereocenters. The molecule has 0 saturated carbocycles. The summed E-state index contributed by atoms with van der Waals surface area (Å²) in [5, 5.41) is 8.86. The molecule has 1 fully saturated rings. The van der Waals surface area contributed by atoms with Crippen molar-refractivity contribution in [1.82, 2.24) is 10.2 Å². The molecule has 2 unspecified atom stereocenters. The quantitative estimate of drug-likeness (QED) is 0.894. The molecule has 2 heterocycles. The number of hydrogen-bond acceptors (Lipinski definition) is 5. The molecule has 0 aromatic carbocycles. The Balaban J connectivity index is 2.12. The molecule has 0 aliphatic carbocycles. The van der Waals surface area contributed by atoms with Crippen LogP contribution in [0, 0.1) is 0 Å². The fourth-order valence-electron chi connectivity index (χ4n) is 1.63. The highest BCUT2D eigenvalue weighted by atomic mass is 32.1. The predicted octanol–water partition coefficient (Wildman–Crippen LogP) is 2.54. The smallest absolute Gasteiger partial charge is 0.376 e. The van der Waals surface area contributed by atoms with E-state index in [1.807, 2.05) is 13.8 Å². The second kappa shape index (κ2) is 4.09. The number of nitrogens with one attached hydrogen (secondary N) is 1. The standard InChI is InChI=1S/C9H12F3N3OS/c1-5-8(2,3-4-16-5)13-7-15-14-6(17-7)9(10,11)12/h5H,3-4H2,1-2H3,(H,13,15). The molecule has 1 saturated heterocycles. The molecule has 96 valence electrons. The van der Waals surface area contributed by atoms with Crippen molar-refractivity contribution in [3.63, 3.8) is 0 Å². The maximum absolute atomic E-state index is 12.3. The van der Waals surface area contributed by atoms with Gasteiger partial charge < -0.3 is 10.1 Å². The molecule has 0 spiro atoms. The number of halogens is 3. The third kappa shape index (κ3) is 2.52. The minimum atomic E-state index is -4.43. The largest absolute Gasteiger partial charge is 0.445 e. The first-order chi connectivity index (χ1) is 7.81. The maximum Gasteiger partial charge on any atom is 0.445 e. The first-order valence-corrected chi connectivity index (χ1v) is 5.93. The average molecular weight is 267 g/mol. The summed E-state index contributed by atoms with van der Waals surface area (Å²) in [6.07, 6.45) is -3.77. The Morgan fingerprint density at radius 1 is 1.47 bits per heavy atom. The molecule has 2 rings (SSSR count). The van der Waals surface area contributed by atoms with Crippen molar-refractivity contribution < 1.29 is 17.9 Å². The van der Waals surface area contributed by atoms with Crippen LogP contribution in [0.3, 0.4) is 0 Å². The van der Waals surface area contributed by atoms with Gasteiger partial charge in [-0.1, -0.05) is 11.3 Å². The summed E-state index contributed by atoms with van der Waals surface area (Å²) in [6, 6.07) is 0. The lowest BCUT2D eigenvalue weighted by molar-refractivity contribution is -0.138. The third-order valence-corrected chi connectivity index (χ3v) is 3.83. The Kier molecular flexibility index (Phi) is 3.03. The predicted molar refractivity (Wildman–Crippen MR) is 57.0 cm³/mol. The number of ether oxygens (including phenoxy) is 1. The van der Waals surface area contributed by atoms with Crippen LogP contribution >= 0.6 is 11.3 Å². The third-order valence-electron chi connectivity index (χ3n) is 2.95. The highest BCUT2D eigenvalue weighted by molar-refractivity contribution is 7.15. The minimum Gasteiger partial charge on any atom is -0.376 e. The Morgan fingerprint density at radius 3 is 2.65 bits per heavy atom. The normalized spacial score (nSPS) is 29.6. The zero-order valence-corrected chi connectivity index (χ0v) is 10.2. The highest BCUT2D eigenvalue weighted by Gasteiger charge is 2.39. The lowest BCUT2D eigenvalue weighted by Crippen LogP contribution is -2.41. The zero-order chi connectivity index (χ0) is 12.7. The van der Waals surface area contributed by atoms with Crippen molar-refractivity contribution in [2.75, 3.05) is 11.9 Å². The Bertz CT molecular complexity index is 408. The van der Waals surface area contributed by atoms with E-state index in [9.17, 15) is 13.2 Å². The fourth-order valence-corrected chi connectivity index (χ4v) is 2.38. The summed E-state index contributed by atoms with van der Waals surface area (Å²) in [5.41, 5.74) is -0.387. The van der Waals surface area contributed by atoms with Crippen molar-refractivity contribution in [3.8, 4) is 0 Å². The highest BCUT2D eigenvalue weighted by Crippen LogP contribution is 2.35. The average Bonchev–Trinajstić information content (AvgIpc) is 2.75. The van der Waals surface area contributed by atoms with Crippen molar-refractivity contribution in [3.05, 3.63) is 5.01 Å². The van der Waals surface area contributed by atoms with E-state index in [0.29, 0.717) is 17.9 Å². The molecule has 4 nitrogen and oxygen atoms in total. The summed E-state index contributed by atoms with van der Waals surface area (Å²) in [5.74, 6) is 0. The Labute approximate surface area is 100 Å². The van der Waals surface area contributed by atoms with E-state index < -0.39 is 11.2 Å². The molecule has 0 amide bonds. The lowest BCUT2D eigenvalue weighted by Gasteiger charge is -2.28. The summed E-state index contributed by atoms with van der Waals surface area (Å²) in [7, 11) is 0. The molecule has 1 aromatic heterocycles. The number of hydrogen-bond donors (Lipinski definition) is 1. The van der Waals surface area contributed by atoms with Crippen LogP contribution in [0.2, 0.25) is 0 Å². The number of nitrogens with zero attached hydrogens (tertiary/aromatic N) is 2. The van der Waals surface area contributed by atoms with Gasteiger partial charge in [0.1, 0.15) is 0 Å². The van der Waals surface area contributed by atoms with E-state index >= 15 is 0 Å². The number of alkyl halides is 3. The maximum atomic E-state index is 12.3. The Morgan fingerprint density at radius 2 is 2.18 bits per heavy atom. The molecule has 1 aliphatic rings. The summed E-state index contributed by atoms with van der Waals surface area (Å²) < 4.78 is 42.4. The van der Waals surface area contributed by atoms with Crippen LogP contribution in [0.1, 0.15) is 25.3 Å². The number of rotatable bonds is 2. The number of anilines is 1. The van der Waals surface area contributed by atoms with Gasteiger partial charge >= 0.3 is 6.18 Å². The van der Waals surface area contributed by atoms with E-state index in [-0.39, 0.29) is 16.8 Å². The van der Waals surface area contributed by atoms with Gasteiger partial charge in [0.15, 0.2) is 0 Å². The zero-order valence-electron chi connectivity index (χ0n) is 9.34. The van der Waals surface area contributed by atoms with Crippen LogP contribution in [0.25, 0.3) is 0 Å². The van der Waals surface area contributed by atoms with Crippen LogP contribution in [0.15, 0.2) is 0 Å². The Hall–Kier alpha value is -0.890. The molecule has 0 bridgehead atoms. The van der Waals surface area contributed by atoms with Crippen molar-refractivity contribution in [2.45, 2.75) is 38.1 Å². The van der Waals surface area contributed by atoms with Gasteiger partial charge in [-0.3, -0.25) is 0 Å². The SMILES string of the molecule is CC1OCCC1(C)Nc1nnc(C(F)(F)F)s1. The van der Waals surface area contributed by atoms with Crippen LogP contribution in [0.5, 0.6) is 0 Å². The van der Waals surface area contributed by atoms with Gasteiger partial charge in [-0.25, -0.2) is 0 Å². The van der Waals surface area contributed by atoms with Crippen LogP contribution < -0.4 is 5.32 Å². The second-order valence-electron chi connectivity index (χ2n) is 4.22. The monoisotopic (exact) mass is 267 g/mol. The lowest BCUT2D eigenvalue weighted by atomic mass is 9.95. The molecule has 1 N–H and O–H groups in total. The van der Waals surface area contributed by atoms with E-state index in [1.165, 1.54) is 0 Å². The molecule has 0 radical (unpaired) electrons. The molecular weight excluding hydrogens is 255 g/mol. The van der Waals surface area contributed by atoms with E-state index in [4.69, 9.17) is 4.74 Å². The van der Waals surface area contributed by atoms with Gasteiger partial charge in [-0.15, -0.1) is 10.2 Å². The van der Waals surface area contributed by atoms with Gasteiger partial charge in [0, 0.05) is 6.61 Å². The van der Waals surface area contributed by atoms with Crippen LogP contribution in [-0.2, 0) is 10.9 Å². The first-order valence-electron chi connectivity index (χ1n) is 5.12. The van der Waals surface area contributed by atoms with E-state index in [0.717, 1.165) is 6.42 Å². The van der Waals surface area contributed by atoms with Crippen molar-refractivity contribution in [1.29, 1.82) is 0 Å². The minimum absolute atomic E-state index is 0.0688. The molecule has 17 heavy (non-hydrogen) atoms. The summed E-state index contributed by atoms with van der Waals surface area (Å²) in [4.78, 5) is 0. The fraction of sp³-hybridized carbons (Fsp3) is 0.778. The van der Waals surface area contributed by atoms with Gasteiger partial charge in [-0.2, -0.15) is 13.2 Å². The van der Waals surface area contributed by atoms with E-state index in [1.54, 1.807) is 0 Å². The second-order valence-corrected chi connectivity index (χ2v) is 5.19. The molecule has 1 aliphatic heterocycles. The van der Waals surface area contributed by atoms with Crippen LogP contribution in [-0.4, -0.2) is 28.4 Å². The van der Waals surface area contributed by atoms with Gasteiger partial charge in [0.05, 0.1) is 11.6 Å². The van der Waals surface area contributed by atoms with Gasteiger partial charge in [0.2, 0.25) is 10.1 Å². The van der Waals surface area contributed by atoms with Gasteiger partial charge in [0.25, 0.3) is 0 Å². The number of aromatic nitrogens is 2. The first kappa shape index (κ1) is 12.6. The molecule has 1 aromatic rings. The molecular formula is C9H12F3N3OS. The van der Waals surface area contributed by atoms with Gasteiger partial charge in [-0.05, 0) is 20.3 Å². The topological polar surface area (TPSA) is 47.0 Å². The molecule has 8 heteroatoms. The van der Waals surface area contributed by atoms with Crippen molar-refractivity contribution in [2.24, 2.45) is 0 Å². The van der Waals surface area contributed by atoms with E-state index in [2.05, 4.69) is 15.5 Å². The van der Waals surface area contributed by atoms with Crippen molar-refractivity contribution >= 4 is 16.5 Å². The summed E-state index contributed by atoms with van der Waals surface area (Å²) >= 11 is 0.513. The summed E-state index contributed by atoms with van der Waals surface area (Å²) in [6.45, 7) is 4.38.